The van der Waals surface area contributed by atoms with Crippen LogP contribution in [0.1, 0.15) is 19.8 Å². The van der Waals surface area contributed by atoms with E-state index < -0.39 is 24.1 Å². The Kier molecular flexibility index (Phi) is 3.44. The van der Waals surface area contributed by atoms with Crippen LogP contribution in [0, 0.1) is 5.92 Å². The quantitative estimate of drug-likeness (QED) is 0.749. The first-order valence-corrected chi connectivity index (χ1v) is 4.84. The zero-order valence-electron chi connectivity index (χ0n) is 8.62. The third-order valence-electron chi connectivity index (χ3n) is 2.65. The van der Waals surface area contributed by atoms with Crippen molar-refractivity contribution in [1.82, 2.24) is 4.90 Å². The van der Waals surface area contributed by atoms with Crippen molar-refractivity contribution in [3.8, 4) is 0 Å². The van der Waals surface area contributed by atoms with Crippen molar-refractivity contribution < 1.29 is 27.9 Å². The molecule has 7 heteroatoms. The summed E-state index contributed by atoms with van der Waals surface area (Å²) in [7, 11) is 0. The minimum atomic E-state index is -5.01. The van der Waals surface area contributed by atoms with Crippen LogP contribution in [0.2, 0.25) is 0 Å². The Morgan fingerprint density at radius 3 is 2.38 bits per heavy atom. The number of aliphatic carboxylic acids is 1. The van der Waals surface area contributed by atoms with E-state index in [-0.39, 0.29) is 18.9 Å². The van der Waals surface area contributed by atoms with Gasteiger partial charge in [-0.15, -0.1) is 0 Å². The Balaban J connectivity index is 2.85. The van der Waals surface area contributed by atoms with E-state index in [0.717, 1.165) is 0 Å². The monoisotopic (exact) mass is 239 g/mol. The number of rotatable bonds is 1. The maximum absolute atomic E-state index is 12.2. The molecule has 1 rings (SSSR count). The maximum Gasteiger partial charge on any atom is 0.471 e. The summed E-state index contributed by atoms with van der Waals surface area (Å²) in [5.41, 5.74) is 0. The van der Waals surface area contributed by atoms with Gasteiger partial charge in [0.05, 0.1) is 0 Å². The summed E-state index contributed by atoms with van der Waals surface area (Å²) in [6.45, 7) is 1.60. The van der Waals surface area contributed by atoms with Crippen molar-refractivity contribution in [3.05, 3.63) is 0 Å². The van der Waals surface area contributed by atoms with Crippen molar-refractivity contribution in [2.24, 2.45) is 5.92 Å². The second-order valence-electron chi connectivity index (χ2n) is 3.98. The Morgan fingerprint density at radius 2 is 1.94 bits per heavy atom. The summed E-state index contributed by atoms with van der Waals surface area (Å²) in [6.07, 6.45) is -4.54. The minimum Gasteiger partial charge on any atom is -0.480 e. The number of carbonyl (C=O) groups is 2. The lowest BCUT2D eigenvalue weighted by molar-refractivity contribution is -0.191. The summed E-state index contributed by atoms with van der Waals surface area (Å²) in [6, 6.07) is -1.36. The summed E-state index contributed by atoms with van der Waals surface area (Å²) in [5.74, 6) is -3.44. The van der Waals surface area contributed by atoms with Crippen molar-refractivity contribution in [3.63, 3.8) is 0 Å². The van der Waals surface area contributed by atoms with Crippen LogP contribution in [0.25, 0.3) is 0 Å². The second-order valence-corrected chi connectivity index (χ2v) is 3.98. The molecule has 0 aliphatic carbocycles. The predicted octanol–water partition coefficient (Wildman–Crippen LogP) is 1.26. The number of likely N-dealkylation sites (tertiary alicyclic amines) is 1. The molecule has 0 aromatic heterocycles. The lowest BCUT2D eigenvalue weighted by Crippen LogP contribution is -2.53. The molecule has 1 saturated heterocycles. The van der Waals surface area contributed by atoms with Crippen molar-refractivity contribution >= 4 is 11.9 Å². The van der Waals surface area contributed by atoms with Gasteiger partial charge in [-0.05, 0) is 18.8 Å². The second kappa shape index (κ2) is 4.31. The molecule has 0 radical (unpaired) electrons. The van der Waals surface area contributed by atoms with Crippen LogP contribution in [0.3, 0.4) is 0 Å². The maximum atomic E-state index is 12.2. The summed E-state index contributed by atoms with van der Waals surface area (Å²) in [4.78, 5) is 22.2. The lowest BCUT2D eigenvalue weighted by atomic mass is 9.92. The van der Waals surface area contributed by atoms with Crippen molar-refractivity contribution in [1.29, 1.82) is 0 Å². The van der Waals surface area contributed by atoms with E-state index in [2.05, 4.69) is 0 Å². The molecule has 0 spiro atoms. The van der Waals surface area contributed by atoms with E-state index in [0.29, 0.717) is 11.3 Å². The van der Waals surface area contributed by atoms with Gasteiger partial charge in [-0.1, -0.05) is 6.92 Å². The van der Waals surface area contributed by atoms with Gasteiger partial charge in [-0.3, -0.25) is 4.79 Å². The Hall–Kier alpha value is -1.27. The molecular formula is C9H12F3NO3. The standard InChI is InChI=1S/C9H12F3NO3/c1-5-2-3-13(6(4-5)7(14)15)8(16)9(10,11)12/h5-6H,2-4H2,1H3,(H,14,15)/t5-,6+/m1/s1. The van der Waals surface area contributed by atoms with E-state index in [4.69, 9.17) is 5.11 Å². The van der Waals surface area contributed by atoms with Gasteiger partial charge in [0.1, 0.15) is 6.04 Å². The third-order valence-corrected chi connectivity index (χ3v) is 2.65. The third kappa shape index (κ3) is 2.65. The molecule has 1 aliphatic rings. The Morgan fingerprint density at radius 1 is 1.38 bits per heavy atom. The largest absolute Gasteiger partial charge is 0.480 e. The number of piperidine rings is 1. The first-order chi connectivity index (χ1) is 7.23. The zero-order chi connectivity index (χ0) is 12.5. The first kappa shape index (κ1) is 12.8. The molecule has 0 aromatic rings. The van der Waals surface area contributed by atoms with Crippen LogP contribution >= 0.6 is 0 Å². The van der Waals surface area contributed by atoms with Gasteiger partial charge >= 0.3 is 18.1 Å². The van der Waals surface area contributed by atoms with E-state index in [9.17, 15) is 22.8 Å². The number of hydrogen-bond donors (Lipinski definition) is 1. The molecule has 0 aromatic carbocycles. The van der Waals surface area contributed by atoms with E-state index in [1.165, 1.54) is 0 Å². The van der Waals surface area contributed by atoms with Gasteiger partial charge in [-0.2, -0.15) is 13.2 Å². The van der Waals surface area contributed by atoms with Crippen LogP contribution in [-0.2, 0) is 9.59 Å². The molecule has 1 N–H and O–H groups in total. The van der Waals surface area contributed by atoms with Crippen LogP contribution in [-0.4, -0.2) is 40.6 Å². The number of hydrogen-bond acceptors (Lipinski definition) is 2. The average Bonchev–Trinajstić information content (AvgIpc) is 2.15. The smallest absolute Gasteiger partial charge is 0.471 e. The highest BCUT2D eigenvalue weighted by atomic mass is 19.4. The van der Waals surface area contributed by atoms with Gasteiger partial charge < -0.3 is 10.0 Å². The molecule has 1 fully saturated rings. The molecule has 1 aliphatic heterocycles. The number of carbonyl (C=O) groups excluding carboxylic acids is 1. The molecule has 2 atom stereocenters. The van der Waals surface area contributed by atoms with Crippen LogP contribution < -0.4 is 0 Å². The molecule has 1 heterocycles. The van der Waals surface area contributed by atoms with E-state index >= 15 is 0 Å². The summed E-state index contributed by atoms with van der Waals surface area (Å²) in [5, 5.41) is 8.78. The van der Waals surface area contributed by atoms with Gasteiger partial charge in [0.2, 0.25) is 0 Å². The molecule has 1 amide bonds. The van der Waals surface area contributed by atoms with Gasteiger partial charge in [-0.25, -0.2) is 4.79 Å². The molecular weight excluding hydrogens is 227 g/mol. The highest BCUT2D eigenvalue weighted by Gasteiger charge is 2.47. The lowest BCUT2D eigenvalue weighted by Gasteiger charge is -2.36. The predicted molar refractivity (Wildman–Crippen MR) is 47.6 cm³/mol. The van der Waals surface area contributed by atoms with Crippen LogP contribution in [0.5, 0.6) is 0 Å². The topological polar surface area (TPSA) is 57.6 Å². The number of nitrogens with zero attached hydrogens (tertiary/aromatic N) is 1. The fourth-order valence-corrected chi connectivity index (χ4v) is 1.78. The molecule has 92 valence electrons. The summed E-state index contributed by atoms with van der Waals surface area (Å²) >= 11 is 0. The molecule has 0 saturated carbocycles. The highest BCUT2D eigenvalue weighted by molar-refractivity contribution is 5.87. The SMILES string of the molecule is C[C@@H]1CCN(C(=O)C(F)(F)F)[C@H](C(=O)O)C1. The zero-order valence-corrected chi connectivity index (χ0v) is 8.62. The van der Waals surface area contributed by atoms with Crippen molar-refractivity contribution in [2.75, 3.05) is 6.54 Å². The molecule has 0 unspecified atom stereocenters. The number of halogens is 3. The normalized spacial score (nSPS) is 26.6. The molecule has 0 bridgehead atoms. The average molecular weight is 239 g/mol. The first-order valence-electron chi connectivity index (χ1n) is 4.84. The number of carboxylic acids is 1. The fraction of sp³-hybridized carbons (Fsp3) is 0.778. The van der Waals surface area contributed by atoms with Gasteiger partial charge in [0.15, 0.2) is 0 Å². The molecule has 4 nitrogen and oxygen atoms in total. The van der Waals surface area contributed by atoms with Crippen LogP contribution in [0.4, 0.5) is 13.2 Å². The Labute approximate surface area is 90.0 Å². The van der Waals surface area contributed by atoms with E-state index in [1.807, 2.05) is 0 Å². The van der Waals surface area contributed by atoms with Gasteiger partial charge in [0, 0.05) is 6.54 Å². The van der Waals surface area contributed by atoms with E-state index in [1.54, 1.807) is 6.92 Å². The number of carboxylic acid groups (broad SMARTS) is 1. The summed E-state index contributed by atoms with van der Waals surface area (Å²) < 4.78 is 36.6. The van der Waals surface area contributed by atoms with Gasteiger partial charge in [0.25, 0.3) is 0 Å². The molecule has 16 heavy (non-hydrogen) atoms. The number of amides is 1. The minimum absolute atomic E-state index is 0.0124. The fourth-order valence-electron chi connectivity index (χ4n) is 1.78. The number of alkyl halides is 3. The van der Waals surface area contributed by atoms with Crippen molar-refractivity contribution in [2.45, 2.75) is 32.0 Å². The van der Waals surface area contributed by atoms with Crippen LogP contribution in [0.15, 0.2) is 0 Å². The Bertz CT molecular complexity index is 303. The highest BCUT2D eigenvalue weighted by Crippen LogP contribution is 2.27.